The summed E-state index contributed by atoms with van der Waals surface area (Å²) in [5.41, 5.74) is 0.488. The zero-order chi connectivity index (χ0) is 16.6. The van der Waals surface area contributed by atoms with E-state index in [1.165, 1.54) is 22.8 Å². The maximum atomic E-state index is 12.3. The number of imidazole rings is 1. The van der Waals surface area contributed by atoms with Crippen LogP contribution in [-0.4, -0.2) is 33.4 Å². The molecule has 118 valence electrons. The molecule has 3 aromatic heterocycles. The highest BCUT2D eigenvalue weighted by atomic mass is 35.5. The number of hydrogen-bond acceptors (Lipinski definition) is 5. The fourth-order valence-electron chi connectivity index (χ4n) is 2.30. The monoisotopic (exact) mass is 351 g/mol. The highest BCUT2D eigenvalue weighted by Crippen LogP contribution is 2.23. The minimum atomic E-state index is -0.815. The van der Waals surface area contributed by atoms with E-state index in [-0.39, 0.29) is 18.1 Å². The first-order valence-corrected chi connectivity index (χ1v) is 7.81. The second kappa shape index (κ2) is 5.98. The lowest BCUT2D eigenvalue weighted by Crippen LogP contribution is -2.29. The van der Waals surface area contributed by atoms with Crippen molar-refractivity contribution in [3.63, 3.8) is 0 Å². The predicted molar refractivity (Wildman–Crippen MR) is 83.9 cm³/mol. The summed E-state index contributed by atoms with van der Waals surface area (Å²) in [6.45, 7) is 0.260. The summed E-state index contributed by atoms with van der Waals surface area (Å²) in [4.78, 5) is 28.8. The van der Waals surface area contributed by atoms with Crippen molar-refractivity contribution in [2.45, 2.75) is 6.54 Å². The summed E-state index contributed by atoms with van der Waals surface area (Å²) >= 11 is 7.10. The minimum Gasteiger partial charge on any atom is -0.474 e. The first-order valence-electron chi connectivity index (χ1n) is 6.61. The van der Waals surface area contributed by atoms with Gasteiger partial charge in [0.15, 0.2) is 4.47 Å². The van der Waals surface area contributed by atoms with Gasteiger partial charge in [0.2, 0.25) is 0 Å². The van der Waals surface area contributed by atoms with Gasteiger partial charge >= 0.3 is 5.88 Å². The number of carbonyl (C=O) groups is 2. The molecule has 0 atom stereocenters. The third-order valence-corrected chi connectivity index (χ3v) is 4.41. The number of nitrogens with one attached hydrogen (secondary N) is 1. The largest absolute Gasteiger partial charge is 0.474 e. The Morgan fingerprint density at radius 2 is 2.26 bits per heavy atom. The van der Waals surface area contributed by atoms with Gasteiger partial charge in [0, 0.05) is 19.3 Å². The number of amides is 1. The molecule has 0 aliphatic heterocycles. The van der Waals surface area contributed by atoms with Crippen LogP contribution in [0.25, 0.3) is 5.65 Å². The molecule has 1 amide bonds. The average molecular weight is 352 g/mol. The van der Waals surface area contributed by atoms with Crippen molar-refractivity contribution in [2.75, 3.05) is 7.05 Å². The maximum absolute atomic E-state index is 12.3. The van der Waals surface area contributed by atoms with E-state index in [0.717, 1.165) is 4.88 Å². The van der Waals surface area contributed by atoms with Gasteiger partial charge in [0.05, 0.1) is 11.1 Å². The maximum Gasteiger partial charge on any atom is 0.339 e. The molecule has 0 spiro atoms. The molecule has 0 aromatic carbocycles. The molecule has 3 rings (SSSR count). The number of Topliss-reactive ketones (excluding diaryl/α,β-unsaturated/α-hetero) is 1. The molecule has 7 nitrogen and oxygen atoms in total. The first kappa shape index (κ1) is 15.4. The molecule has 3 heterocycles. The van der Waals surface area contributed by atoms with Gasteiger partial charge in [-0.2, -0.15) is 4.40 Å². The van der Waals surface area contributed by atoms with Crippen molar-refractivity contribution in [1.82, 2.24) is 14.9 Å². The molecule has 3 aromatic rings. The zero-order valence-corrected chi connectivity index (χ0v) is 13.6. The normalized spacial score (nSPS) is 10.9. The number of aromatic hydroxyl groups is 1. The lowest BCUT2D eigenvalue weighted by Gasteiger charge is -2.00. The number of hydrogen-bond donors (Lipinski definition) is 2. The van der Waals surface area contributed by atoms with Crippen molar-refractivity contribution in [1.29, 1.82) is 0 Å². The van der Waals surface area contributed by atoms with E-state index in [4.69, 9.17) is 11.6 Å². The number of thiazole rings is 1. The molecule has 2 N–H and O–H groups in total. The fraction of sp³-hybridized carbons (Fsp3) is 0.143. The van der Waals surface area contributed by atoms with Gasteiger partial charge in [-0.25, -0.2) is 9.55 Å². The van der Waals surface area contributed by atoms with E-state index in [1.807, 2.05) is 0 Å². The van der Waals surface area contributed by atoms with Crippen LogP contribution in [0.15, 0.2) is 30.6 Å². The molecule has 9 heteroatoms. The third kappa shape index (κ3) is 2.66. The summed E-state index contributed by atoms with van der Waals surface area (Å²) in [7, 11) is 1.36. The lowest BCUT2D eigenvalue weighted by molar-refractivity contribution is -0.521. The van der Waals surface area contributed by atoms with Gasteiger partial charge in [-0.05, 0) is 6.07 Å². The Morgan fingerprint density at radius 1 is 1.48 bits per heavy atom. The van der Waals surface area contributed by atoms with E-state index in [1.54, 1.807) is 35.2 Å². The molecule has 0 aliphatic carbocycles. The van der Waals surface area contributed by atoms with Crippen LogP contribution >= 0.6 is 22.9 Å². The molecular formula is C14H12ClN4O3S+. The standard InChI is InChI=1S/C14H11ClN4O3S/c1-16-12(21)11(20)10-13(22)18-5-3-2-4-9(18)19(10)7-8-6-17-14(15)23-8/h2-6H,7H2,1H3,(H-,16,20,21,22)/p+1. The van der Waals surface area contributed by atoms with Crippen LogP contribution in [0.4, 0.5) is 0 Å². The van der Waals surface area contributed by atoms with E-state index < -0.39 is 11.7 Å². The number of likely N-dealkylation sites (N-methyl/N-ethyl adjacent to an activating group) is 1. The molecule has 0 unspecified atom stereocenters. The zero-order valence-electron chi connectivity index (χ0n) is 12.0. The molecule has 0 aliphatic rings. The summed E-state index contributed by atoms with van der Waals surface area (Å²) in [6.07, 6.45) is 3.21. The molecule has 23 heavy (non-hydrogen) atoms. The number of halogens is 1. The van der Waals surface area contributed by atoms with Crippen molar-refractivity contribution in [3.05, 3.63) is 45.6 Å². The van der Waals surface area contributed by atoms with Gasteiger partial charge in [-0.15, -0.1) is 11.3 Å². The van der Waals surface area contributed by atoms with Crippen LogP contribution in [0.3, 0.4) is 0 Å². The van der Waals surface area contributed by atoms with Gasteiger partial charge in [-0.1, -0.05) is 17.7 Å². The number of pyridine rings is 1. The highest BCUT2D eigenvalue weighted by molar-refractivity contribution is 7.15. The van der Waals surface area contributed by atoms with E-state index in [0.29, 0.717) is 10.1 Å². The van der Waals surface area contributed by atoms with Gasteiger partial charge in [0.1, 0.15) is 6.54 Å². The van der Waals surface area contributed by atoms with Crippen molar-refractivity contribution in [2.24, 2.45) is 0 Å². The Morgan fingerprint density at radius 3 is 2.91 bits per heavy atom. The van der Waals surface area contributed by atoms with E-state index >= 15 is 0 Å². The van der Waals surface area contributed by atoms with Crippen LogP contribution in [0, 0.1) is 0 Å². The minimum absolute atomic E-state index is 0.0833. The van der Waals surface area contributed by atoms with Gasteiger partial charge in [0.25, 0.3) is 23.0 Å². The number of nitrogens with zero attached hydrogens (tertiary/aromatic N) is 3. The summed E-state index contributed by atoms with van der Waals surface area (Å²) in [5.74, 6) is -1.90. The van der Waals surface area contributed by atoms with E-state index in [9.17, 15) is 14.7 Å². The summed E-state index contributed by atoms with van der Waals surface area (Å²) in [6, 6.07) is 5.23. The number of rotatable bonds is 4. The van der Waals surface area contributed by atoms with Crippen molar-refractivity contribution < 1.29 is 19.1 Å². The van der Waals surface area contributed by atoms with Crippen molar-refractivity contribution >= 4 is 40.3 Å². The number of aromatic nitrogens is 3. The third-order valence-electron chi connectivity index (χ3n) is 3.31. The molecular weight excluding hydrogens is 340 g/mol. The van der Waals surface area contributed by atoms with Crippen LogP contribution in [0.2, 0.25) is 4.47 Å². The summed E-state index contributed by atoms with van der Waals surface area (Å²) < 4.78 is 3.39. The molecule has 0 saturated heterocycles. The Kier molecular flexibility index (Phi) is 4.01. The highest BCUT2D eigenvalue weighted by Gasteiger charge is 2.34. The Labute approximate surface area is 139 Å². The number of carbonyl (C=O) groups excluding carboxylic acids is 2. The Bertz CT molecular complexity index is 918. The smallest absolute Gasteiger partial charge is 0.339 e. The number of ketones is 1. The summed E-state index contributed by atoms with van der Waals surface area (Å²) in [5, 5.41) is 12.6. The molecule has 0 fully saturated rings. The Hall–Kier alpha value is -2.45. The van der Waals surface area contributed by atoms with E-state index in [2.05, 4.69) is 10.3 Å². The van der Waals surface area contributed by atoms with Crippen LogP contribution in [0.5, 0.6) is 5.88 Å². The fourth-order valence-corrected chi connectivity index (χ4v) is 3.27. The first-order chi connectivity index (χ1) is 11.0. The topological polar surface area (TPSA) is 88.3 Å². The van der Waals surface area contributed by atoms with Crippen LogP contribution in [0.1, 0.15) is 15.4 Å². The van der Waals surface area contributed by atoms with Gasteiger partial charge in [-0.3, -0.25) is 9.59 Å². The molecule has 0 saturated carbocycles. The molecule has 0 bridgehead atoms. The SMILES string of the molecule is CNC(=O)C(=O)c1c(O)[n+]2ccccc2n1Cc1cnc(Cl)s1. The average Bonchev–Trinajstić information content (AvgIpc) is 3.09. The lowest BCUT2D eigenvalue weighted by atomic mass is 10.2. The van der Waals surface area contributed by atoms with Crippen molar-refractivity contribution in [3.8, 4) is 5.88 Å². The Balaban J connectivity index is 2.20. The second-order valence-electron chi connectivity index (χ2n) is 4.67. The number of fused-ring (bicyclic) bond motifs is 1. The van der Waals surface area contributed by atoms with Crippen LogP contribution in [-0.2, 0) is 11.3 Å². The van der Waals surface area contributed by atoms with Crippen LogP contribution < -0.4 is 9.72 Å². The predicted octanol–water partition coefficient (Wildman–Crippen LogP) is 1.02. The second-order valence-corrected chi connectivity index (χ2v) is 6.37. The molecule has 0 radical (unpaired) electrons. The van der Waals surface area contributed by atoms with Gasteiger partial charge < -0.3 is 10.4 Å². The quantitative estimate of drug-likeness (QED) is 0.417.